The summed E-state index contributed by atoms with van der Waals surface area (Å²) in [7, 11) is 1.79. The highest BCUT2D eigenvalue weighted by atomic mass is 19.1. The van der Waals surface area contributed by atoms with Crippen molar-refractivity contribution < 1.29 is 8.78 Å². The van der Waals surface area contributed by atoms with Crippen LogP contribution in [0.4, 0.5) is 8.78 Å². The predicted molar refractivity (Wildman–Crippen MR) is 73.9 cm³/mol. The first-order chi connectivity index (χ1) is 8.97. The Morgan fingerprint density at radius 2 is 1.84 bits per heavy atom. The van der Waals surface area contributed by atoms with E-state index in [-0.39, 0.29) is 22.9 Å². The van der Waals surface area contributed by atoms with Crippen LogP contribution in [-0.4, -0.2) is 7.05 Å². The lowest BCUT2D eigenvalue weighted by atomic mass is 9.64. The van der Waals surface area contributed by atoms with Crippen LogP contribution in [0, 0.1) is 23.0 Å². The second-order valence-corrected chi connectivity index (χ2v) is 6.24. The Kier molecular flexibility index (Phi) is 4.24. The third-order valence-corrected chi connectivity index (χ3v) is 4.61. The Morgan fingerprint density at radius 3 is 2.37 bits per heavy atom. The van der Waals surface area contributed by atoms with E-state index in [1.807, 2.05) is 0 Å². The molecular formula is C16H23F2N. The van der Waals surface area contributed by atoms with Crippen LogP contribution in [0.5, 0.6) is 0 Å². The summed E-state index contributed by atoms with van der Waals surface area (Å²) in [5.74, 6) is -0.626. The van der Waals surface area contributed by atoms with Gasteiger partial charge in [0, 0.05) is 11.6 Å². The van der Waals surface area contributed by atoms with Gasteiger partial charge in [0.1, 0.15) is 11.6 Å². The molecular weight excluding hydrogens is 244 g/mol. The molecule has 1 aliphatic carbocycles. The molecule has 1 saturated carbocycles. The van der Waals surface area contributed by atoms with Crippen LogP contribution in [0.2, 0.25) is 0 Å². The molecule has 106 valence electrons. The van der Waals surface area contributed by atoms with Gasteiger partial charge in [-0.2, -0.15) is 0 Å². The van der Waals surface area contributed by atoms with Crippen molar-refractivity contribution in [1.82, 2.24) is 5.32 Å². The van der Waals surface area contributed by atoms with E-state index in [1.165, 1.54) is 24.6 Å². The number of hydrogen-bond acceptors (Lipinski definition) is 1. The average Bonchev–Trinajstić information content (AvgIpc) is 2.34. The third-order valence-electron chi connectivity index (χ3n) is 4.61. The van der Waals surface area contributed by atoms with Crippen LogP contribution in [0.3, 0.4) is 0 Å². The summed E-state index contributed by atoms with van der Waals surface area (Å²) < 4.78 is 28.0. The standard InChI is InChI=1S/C16H23F2N/c1-16(2)10-5-4-7-11(16)15(19-3)14-12(17)8-6-9-13(14)18/h6,8-9,11,15,19H,4-5,7,10H2,1-3H3. The van der Waals surface area contributed by atoms with Gasteiger partial charge in [-0.1, -0.05) is 32.8 Å². The second-order valence-electron chi connectivity index (χ2n) is 6.24. The van der Waals surface area contributed by atoms with E-state index in [4.69, 9.17) is 0 Å². The summed E-state index contributed by atoms with van der Waals surface area (Å²) in [5.41, 5.74) is 0.311. The quantitative estimate of drug-likeness (QED) is 0.853. The van der Waals surface area contributed by atoms with E-state index in [0.717, 1.165) is 19.3 Å². The molecule has 0 radical (unpaired) electrons. The van der Waals surface area contributed by atoms with E-state index in [2.05, 4.69) is 19.2 Å². The van der Waals surface area contributed by atoms with Gasteiger partial charge >= 0.3 is 0 Å². The molecule has 2 rings (SSSR count). The van der Waals surface area contributed by atoms with Gasteiger partial charge in [-0.15, -0.1) is 0 Å². The largest absolute Gasteiger partial charge is 0.313 e. The van der Waals surface area contributed by atoms with Crippen LogP contribution < -0.4 is 5.32 Å². The maximum atomic E-state index is 14.0. The van der Waals surface area contributed by atoms with Gasteiger partial charge in [-0.05, 0) is 43.4 Å². The van der Waals surface area contributed by atoms with Gasteiger partial charge in [0.25, 0.3) is 0 Å². The number of halogens is 2. The maximum Gasteiger partial charge on any atom is 0.130 e. The summed E-state index contributed by atoms with van der Waals surface area (Å²) in [6.07, 6.45) is 4.49. The number of benzene rings is 1. The van der Waals surface area contributed by atoms with Gasteiger partial charge in [-0.3, -0.25) is 0 Å². The maximum absolute atomic E-state index is 14.0. The monoisotopic (exact) mass is 267 g/mol. The molecule has 1 N–H and O–H groups in total. The lowest BCUT2D eigenvalue weighted by Crippen LogP contribution is -2.38. The molecule has 0 aliphatic heterocycles. The van der Waals surface area contributed by atoms with E-state index < -0.39 is 11.6 Å². The third kappa shape index (κ3) is 2.81. The van der Waals surface area contributed by atoms with E-state index in [9.17, 15) is 8.78 Å². The highest BCUT2D eigenvalue weighted by Crippen LogP contribution is 2.47. The van der Waals surface area contributed by atoms with Crippen LogP contribution in [0.15, 0.2) is 18.2 Å². The fourth-order valence-corrected chi connectivity index (χ4v) is 3.49. The van der Waals surface area contributed by atoms with Crippen molar-refractivity contribution in [3.63, 3.8) is 0 Å². The van der Waals surface area contributed by atoms with Crippen LogP contribution >= 0.6 is 0 Å². The van der Waals surface area contributed by atoms with Gasteiger partial charge in [0.05, 0.1) is 0 Å². The molecule has 0 saturated heterocycles. The molecule has 1 aliphatic rings. The van der Waals surface area contributed by atoms with Crippen LogP contribution in [0.25, 0.3) is 0 Å². The van der Waals surface area contributed by atoms with E-state index >= 15 is 0 Å². The first kappa shape index (κ1) is 14.4. The van der Waals surface area contributed by atoms with Gasteiger partial charge in [-0.25, -0.2) is 8.78 Å². The Hall–Kier alpha value is -0.960. The Balaban J connectivity index is 2.39. The Morgan fingerprint density at radius 1 is 1.21 bits per heavy atom. The highest BCUT2D eigenvalue weighted by molar-refractivity contribution is 5.24. The number of hydrogen-bond donors (Lipinski definition) is 1. The molecule has 1 fully saturated rings. The van der Waals surface area contributed by atoms with Crippen LogP contribution in [-0.2, 0) is 0 Å². The molecule has 1 nitrogen and oxygen atoms in total. The molecule has 0 aromatic heterocycles. The fourth-order valence-electron chi connectivity index (χ4n) is 3.49. The smallest absolute Gasteiger partial charge is 0.130 e. The van der Waals surface area contributed by atoms with Gasteiger partial charge in [0.2, 0.25) is 0 Å². The molecule has 0 spiro atoms. The van der Waals surface area contributed by atoms with Crippen molar-refractivity contribution in [2.45, 2.75) is 45.6 Å². The normalized spacial score (nSPS) is 24.2. The van der Waals surface area contributed by atoms with Crippen molar-refractivity contribution in [2.24, 2.45) is 11.3 Å². The van der Waals surface area contributed by atoms with Crippen molar-refractivity contribution in [1.29, 1.82) is 0 Å². The first-order valence-corrected chi connectivity index (χ1v) is 7.08. The molecule has 2 atom stereocenters. The van der Waals surface area contributed by atoms with Crippen molar-refractivity contribution >= 4 is 0 Å². The first-order valence-electron chi connectivity index (χ1n) is 7.08. The summed E-state index contributed by atoms with van der Waals surface area (Å²) >= 11 is 0. The molecule has 1 aromatic rings. The van der Waals surface area contributed by atoms with Gasteiger partial charge in [0.15, 0.2) is 0 Å². The molecule has 0 bridgehead atoms. The number of nitrogens with one attached hydrogen (secondary N) is 1. The van der Waals surface area contributed by atoms with E-state index in [1.54, 1.807) is 7.05 Å². The SMILES string of the molecule is CNC(c1c(F)cccc1F)C1CCCCC1(C)C. The Bertz CT molecular complexity index is 422. The molecule has 0 heterocycles. The second kappa shape index (κ2) is 5.58. The molecule has 3 heteroatoms. The van der Waals surface area contributed by atoms with Gasteiger partial charge < -0.3 is 5.32 Å². The number of rotatable bonds is 3. The van der Waals surface area contributed by atoms with Crippen LogP contribution in [0.1, 0.15) is 51.1 Å². The fraction of sp³-hybridized carbons (Fsp3) is 0.625. The zero-order valence-corrected chi connectivity index (χ0v) is 12.0. The molecule has 0 amide bonds. The minimum absolute atomic E-state index is 0.112. The lowest BCUT2D eigenvalue weighted by Gasteiger charge is -2.43. The predicted octanol–water partition coefficient (Wildman–Crippen LogP) is 4.44. The molecule has 19 heavy (non-hydrogen) atoms. The summed E-state index contributed by atoms with van der Waals surface area (Å²) in [6, 6.07) is 3.86. The van der Waals surface area contributed by atoms with E-state index in [0.29, 0.717) is 0 Å². The van der Waals surface area contributed by atoms with Crippen molar-refractivity contribution in [3.8, 4) is 0 Å². The Labute approximate surface area is 114 Å². The minimum Gasteiger partial charge on any atom is -0.313 e. The minimum atomic E-state index is -0.444. The zero-order valence-electron chi connectivity index (χ0n) is 12.0. The van der Waals surface area contributed by atoms with Crippen molar-refractivity contribution in [3.05, 3.63) is 35.4 Å². The average molecular weight is 267 g/mol. The molecule has 1 aromatic carbocycles. The highest BCUT2D eigenvalue weighted by Gasteiger charge is 2.39. The van der Waals surface area contributed by atoms with Crippen molar-refractivity contribution in [2.75, 3.05) is 7.05 Å². The summed E-state index contributed by atoms with van der Waals surface area (Å²) in [5, 5.41) is 3.15. The lowest BCUT2D eigenvalue weighted by molar-refractivity contribution is 0.0983. The summed E-state index contributed by atoms with van der Waals surface area (Å²) in [4.78, 5) is 0. The summed E-state index contributed by atoms with van der Waals surface area (Å²) in [6.45, 7) is 4.42. The molecule has 2 unspecified atom stereocenters. The zero-order chi connectivity index (χ0) is 14.0. The topological polar surface area (TPSA) is 12.0 Å².